The lowest BCUT2D eigenvalue weighted by Crippen LogP contribution is -2.25. The summed E-state index contributed by atoms with van der Waals surface area (Å²) in [6, 6.07) is 7.42. The minimum absolute atomic E-state index is 0.644. The first-order valence-corrected chi connectivity index (χ1v) is 4.54. The van der Waals surface area contributed by atoms with Gasteiger partial charge in [-0.3, -0.25) is 0 Å². The molecule has 1 atom stereocenters. The van der Waals surface area contributed by atoms with Gasteiger partial charge in [-0.2, -0.15) is 0 Å². The molecule has 78 valence electrons. The summed E-state index contributed by atoms with van der Waals surface area (Å²) in [5.41, 5.74) is 0.939. The molecule has 1 heterocycles. The van der Waals surface area contributed by atoms with E-state index < -0.39 is 18.9 Å². The molecule has 1 unspecified atom stereocenters. The van der Waals surface area contributed by atoms with Crippen LogP contribution in [-0.4, -0.2) is 24.0 Å². The summed E-state index contributed by atoms with van der Waals surface area (Å²) in [5.74, 6) is -0.0419. The van der Waals surface area contributed by atoms with Crippen LogP contribution in [0.5, 0.6) is 5.75 Å². The number of aliphatic hydroxyl groups excluding tert-OH is 1. The smallest absolute Gasteiger partial charge is 0.335 e. The van der Waals surface area contributed by atoms with E-state index in [1.807, 2.05) is 24.3 Å². The Kier molecular flexibility index (Phi) is 2.69. The summed E-state index contributed by atoms with van der Waals surface area (Å²) in [6.45, 7) is -0.644. The standard InChI is InChI=1S/C11H10O4/c12-7-10(13)15-11-6-5-8-3-1-2-4-9(8)14-11/h1-6,11-12H,7H2. The number of esters is 1. The third-order valence-electron chi connectivity index (χ3n) is 1.97. The van der Waals surface area contributed by atoms with Crippen molar-refractivity contribution in [3.05, 3.63) is 35.9 Å². The average molecular weight is 206 g/mol. The Bertz CT molecular complexity index is 397. The first kappa shape index (κ1) is 9.73. The zero-order valence-electron chi connectivity index (χ0n) is 7.92. The maximum Gasteiger partial charge on any atom is 0.335 e. The highest BCUT2D eigenvalue weighted by Gasteiger charge is 2.17. The lowest BCUT2D eigenvalue weighted by molar-refractivity contribution is -0.161. The zero-order chi connectivity index (χ0) is 10.7. The Morgan fingerprint density at radius 1 is 1.47 bits per heavy atom. The van der Waals surface area contributed by atoms with Crippen molar-refractivity contribution >= 4 is 12.0 Å². The van der Waals surface area contributed by atoms with Crippen LogP contribution in [0, 0.1) is 0 Å². The van der Waals surface area contributed by atoms with Gasteiger partial charge in [-0.05, 0) is 18.2 Å². The van der Waals surface area contributed by atoms with Crippen molar-refractivity contribution in [1.29, 1.82) is 0 Å². The van der Waals surface area contributed by atoms with E-state index in [-0.39, 0.29) is 0 Å². The molecule has 0 bridgehead atoms. The fourth-order valence-corrected chi connectivity index (χ4v) is 1.30. The molecule has 1 aliphatic heterocycles. The van der Waals surface area contributed by atoms with Crippen LogP contribution in [0.15, 0.2) is 30.3 Å². The molecule has 0 aliphatic carbocycles. The van der Waals surface area contributed by atoms with Crippen LogP contribution in [0.1, 0.15) is 5.56 Å². The molecular weight excluding hydrogens is 196 g/mol. The topological polar surface area (TPSA) is 55.8 Å². The normalized spacial score (nSPS) is 17.8. The lowest BCUT2D eigenvalue weighted by Gasteiger charge is -2.20. The predicted molar refractivity (Wildman–Crippen MR) is 53.1 cm³/mol. The molecule has 0 saturated carbocycles. The Balaban J connectivity index is 2.09. The van der Waals surface area contributed by atoms with Crippen molar-refractivity contribution in [3.63, 3.8) is 0 Å². The molecule has 1 aliphatic rings. The quantitative estimate of drug-likeness (QED) is 0.732. The lowest BCUT2D eigenvalue weighted by atomic mass is 10.1. The average Bonchev–Trinajstić information content (AvgIpc) is 2.29. The molecule has 0 saturated heterocycles. The van der Waals surface area contributed by atoms with E-state index in [0.29, 0.717) is 5.75 Å². The second-order valence-electron chi connectivity index (χ2n) is 3.03. The van der Waals surface area contributed by atoms with E-state index in [1.165, 1.54) is 0 Å². The van der Waals surface area contributed by atoms with E-state index >= 15 is 0 Å². The highest BCUT2D eigenvalue weighted by molar-refractivity contribution is 5.71. The van der Waals surface area contributed by atoms with Gasteiger partial charge in [0.15, 0.2) is 0 Å². The zero-order valence-corrected chi connectivity index (χ0v) is 7.92. The van der Waals surface area contributed by atoms with Crippen LogP contribution in [-0.2, 0) is 9.53 Å². The second kappa shape index (κ2) is 4.14. The number of carbonyl (C=O) groups excluding carboxylic acids is 1. The Hall–Kier alpha value is -1.81. The van der Waals surface area contributed by atoms with Crippen molar-refractivity contribution in [2.75, 3.05) is 6.61 Å². The van der Waals surface area contributed by atoms with Crippen molar-refractivity contribution in [2.24, 2.45) is 0 Å². The van der Waals surface area contributed by atoms with E-state index in [1.54, 1.807) is 12.1 Å². The van der Waals surface area contributed by atoms with Gasteiger partial charge in [-0.25, -0.2) is 4.79 Å². The molecule has 0 fully saturated rings. The number of rotatable bonds is 2. The van der Waals surface area contributed by atoms with Gasteiger partial charge >= 0.3 is 5.97 Å². The number of hydrogen-bond donors (Lipinski definition) is 1. The second-order valence-corrected chi connectivity index (χ2v) is 3.03. The molecule has 0 aromatic heterocycles. The molecule has 0 radical (unpaired) electrons. The summed E-state index contributed by atoms with van der Waals surface area (Å²) in [5, 5.41) is 8.51. The first-order chi connectivity index (χ1) is 7.29. The number of aliphatic hydroxyl groups is 1. The van der Waals surface area contributed by atoms with Crippen LogP contribution in [0.3, 0.4) is 0 Å². The van der Waals surface area contributed by atoms with Crippen LogP contribution >= 0.6 is 0 Å². The summed E-state index contributed by atoms with van der Waals surface area (Å²) in [4.78, 5) is 10.8. The Morgan fingerprint density at radius 3 is 3.07 bits per heavy atom. The maximum absolute atomic E-state index is 10.8. The minimum atomic E-state index is -0.750. The fraction of sp³-hybridized carbons (Fsp3) is 0.182. The van der Waals surface area contributed by atoms with Gasteiger partial charge in [0.2, 0.25) is 0 Å². The Labute approximate surface area is 86.7 Å². The number of para-hydroxylation sites is 1. The van der Waals surface area contributed by atoms with E-state index in [9.17, 15) is 4.79 Å². The molecule has 1 aromatic carbocycles. The van der Waals surface area contributed by atoms with Crippen molar-refractivity contribution < 1.29 is 19.4 Å². The third-order valence-corrected chi connectivity index (χ3v) is 1.97. The van der Waals surface area contributed by atoms with Crippen LogP contribution < -0.4 is 4.74 Å². The number of carbonyl (C=O) groups is 1. The summed E-state index contributed by atoms with van der Waals surface area (Å²) in [7, 11) is 0. The van der Waals surface area contributed by atoms with E-state index in [4.69, 9.17) is 14.6 Å². The SMILES string of the molecule is O=C(CO)OC1C=Cc2ccccc2O1. The molecule has 1 aromatic rings. The molecular formula is C11H10O4. The molecule has 15 heavy (non-hydrogen) atoms. The van der Waals surface area contributed by atoms with Crippen LogP contribution in [0.4, 0.5) is 0 Å². The largest absolute Gasteiger partial charge is 0.450 e. The maximum atomic E-state index is 10.8. The fourth-order valence-electron chi connectivity index (χ4n) is 1.30. The van der Waals surface area contributed by atoms with Gasteiger partial charge in [0.25, 0.3) is 6.29 Å². The van der Waals surface area contributed by atoms with E-state index in [2.05, 4.69) is 0 Å². The molecule has 4 nitrogen and oxygen atoms in total. The molecule has 0 amide bonds. The van der Waals surface area contributed by atoms with Crippen molar-refractivity contribution in [3.8, 4) is 5.75 Å². The van der Waals surface area contributed by atoms with Gasteiger partial charge in [0.05, 0.1) is 0 Å². The van der Waals surface area contributed by atoms with Gasteiger partial charge in [-0.1, -0.05) is 18.2 Å². The number of benzene rings is 1. The first-order valence-electron chi connectivity index (χ1n) is 4.54. The third kappa shape index (κ3) is 2.16. The number of hydrogen-bond acceptors (Lipinski definition) is 4. The van der Waals surface area contributed by atoms with Gasteiger partial charge in [0, 0.05) is 5.56 Å². The highest BCUT2D eigenvalue weighted by atomic mass is 16.7. The van der Waals surface area contributed by atoms with E-state index in [0.717, 1.165) is 5.56 Å². The van der Waals surface area contributed by atoms with Gasteiger partial charge < -0.3 is 14.6 Å². The summed E-state index contributed by atoms with van der Waals surface area (Å²) in [6.07, 6.45) is 2.68. The van der Waals surface area contributed by atoms with Crippen molar-refractivity contribution in [2.45, 2.75) is 6.29 Å². The number of fused-ring (bicyclic) bond motifs is 1. The van der Waals surface area contributed by atoms with Crippen LogP contribution in [0.25, 0.3) is 6.08 Å². The highest BCUT2D eigenvalue weighted by Crippen LogP contribution is 2.25. The van der Waals surface area contributed by atoms with Gasteiger partial charge in [0.1, 0.15) is 12.4 Å². The Morgan fingerprint density at radius 2 is 2.27 bits per heavy atom. The molecule has 4 heteroatoms. The summed E-state index contributed by atoms with van der Waals surface area (Å²) >= 11 is 0. The summed E-state index contributed by atoms with van der Waals surface area (Å²) < 4.78 is 10.2. The minimum Gasteiger partial charge on any atom is -0.450 e. The monoisotopic (exact) mass is 206 g/mol. The van der Waals surface area contributed by atoms with Crippen LogP contribution in [0.2, 0.25) is 0 Å². The van der Waals surface area contributed by atoms with Crippen molar-refractivity contribution in [1.82, 2.24) is 0 Å². The molecule has 2 rings (SSSR count). The van der Waals surface area contributed by atoms with Gasteiger partial charge in [-0.15, -0.1) is 0 Å². The molecule has 1 N–H and O–H groups in total. The predicted octanol–water partition coefficient (Wildman–Crippen LogP) is 0.954. The molecule has 0 spiro atoms. The number of ether oxygens (including phenoxy) is 2.